The first-order chi connectivity index (χ1) is 19.7. The van der Waals surface area contributed by atoms with Gasteiger partial charge in [-0.25, -0.2) is 0 Å². The average molecular weight is 565 g/mol. The van der Waals surface area contributed by atoms with E-state index < -0.39 is 29.6 Å². The van der Waals surface area contributed by atoms with Crippen LogP contribution in [0.15, 0.2) is 36.4 Å². The van der Waals surface area contributed by atoms with Gasteiger partial charge in [0.1, 0.15) is 11.6 Å². The van der Waals surface area contributed by atoms with Gasteiger partial charge in [-0.3, -0.25) is 14.4 Å². The Bertz CT molecular complexity index is 1150. The molecule has 5 rings (SSSR count). The Kier molecular flexibility index (Phi) is 8.90. The van der Waals surface area contributed by atoms with Crippen molar-refractivity contribution in [3.63, 3.8) is 0 Å². The zero-order valence-corrected chi connectivity index (χ0v) is 25.4. The predicted octanol–water partition coefficient (Wildman–Crippen LogP) is 4.33. The Morgan fingerprint density at radius 1 is 1.10 bits per heavy atom. The van der Waals surface area contributed by atoms with Crippen LogP contribution in [0.4, 0.5) is 5.69 Å². The molecule has 1 aliphatic carbocycles. The van der Waals surface area contributed by atoms with Gasteiger partial charge in [-0.2, -0.15) is 0 Å². The van der Waals surface area contributed by atoms with Gasteiger partial charge < -0.3 is 25.2 Å². The molecule has 7 unspecified atom stereocenters. The molecule has 0 aromatic heterocycles. The zero-order chi connectivity index (χ0) is 29.3. The first-order valence-corrected chi connectivity index (χ1v) is 15.8. The molecule has 2 N–H and O–H groups in total. The lowest BCUT2D eigenvalue weighted by atomic mass is 9.74. The summed E-state index contributed by atoms with van der Waals surface area (Å²) >= 11 is 0. The van der Waals surface area contributed by atoms with E-state index in [4.69, 9.17) is 4.74 Å². The Hall–Kier alpha value is -2.71. The van der Waals surface area contributed by atoms with E-state index in [1.54, 1.807) is 4.90 Å². The highest BCUT2D eigenvalue weighted by Gasteiger charge is 2.72. The smallest absolute Gasteiger partial charge is 0.246 e. The number of amides is 3. The van der Waals surface area contributed by atoms with Crippen LogP contribution in [0.3, 0.4) is 0 Å². The van der Waals surface area contributed by atoms with Crippen LogP contribution in [-0.4, -0.2) is 77.5 Å². The van der Waals surface area contributed by atoms with Gasteiger partial charge in [-0.1, -0.05) is 71.7 Å². The number of nitrogens with one attached hydrogen (secondary N) is 2. The third-order valence-electron chi connectivity index (χ3n) is 9.98. The second-order valence-corrected chi connectivity index (χ2v) is 12.8. The molecule has 3 fully saturated rings. The van der Waals surface area contributed by atoms with Crippen molar-refractivity contribution in [3.8, 4) is 0 Å². The Morgan fingerprint density at radius 2 is 1.80 bits per heavy atom. The predicted molar refractivity (Wildman–Crippen MR) is 160 cm³/mol. The molecule has 1 spiro atoms. The number of ether oxygens (including phenoxy) is 1. The zero-order valence-electron chi connectivity index (χ0n) is 25.4. The van der Waals surface area contributed by atoms with Crippen molar-refractivity contribution in [1.82, 2.24) is 15.1 Å². The lowest BCUT2D eigenvalue weighted by molar-refractivity contribution is -0.141. The van der Waals surface area contributed by atoms with Crippen LogP contribution in [0.2, 0.25) is 0 Å². The maximum atomic E-state index is 14.2. The number of hydrogen-bond donors (Lipinski definition) is 2. The maximum Gasteiger partial charge on any atom is 0.246 e. The average Bonchev–Trinajstić information content (AvgIpc) is 3.60. The number of benzene rings is 1. The van der Waals surface area contributed by atoms with Crippen LogP contribution in [0, 0.1) is 17.8 Å². The van der Waals surface area contributed by atoms with Crippen molar-refractivity contribution < 1.29 is 19.1 Å². The van der Waals surface area contributed by atoms with Gasteiger partial charge in [-0.15, -0.1) is 0 Å². The molecule has 224 valence electrons. The fraction of sp³-hybridized carbons (Fsp3) is 0.667. The molecule has 8 heteroatoms. The Labute approximate surface area is 245 Å². The van der Waals surface area contributed by atoms with E-state index in [0.29, 0.717) is 24.1 Å². The number of likely N-dealkylation sites (tertiary alicyclic amines) is 1. The van der Waals surface area contributed by atoms with E-state index in [2.05, 4.69) is 50.2 Å². The topological polar surface area (TPSA) is 91.0 Å². The van der Waals surface area contributed by atoms with Gasteiger partial charge in [0.25, 0.3) is 0 Å². The summed E-state index contributed by atoms with van der Waals surface area (Å²) in [6, 6.07) is 7.16. The molecule has 2 bridgehead atoms. The molecule has 3 aliphatic heterocycles. The molecule has 2 saturated heterocycles. The highest BCUT2D eigenvalue weighted by atomic mass is 16.5. The van der Waals surface area contributed by atoms with Crippen LogP contribution in [0.25, 0.3) is 0 Å². The van der Waals surface area contributed by atoms with Gasteiger partial charge in [-0.05, 0) is 68.4 Å². The normalized spacial score (nSPS) is 32.2. The van der Waals surface area contributed by atoms with Crippen LogP contribution in [-0.2, 0) is 19.1 Å². The van der Waals surface area contributed by atoms with Gasteiger partial charge in [0, 0.05) is 18.3 Å². The highest BCUT2D eigenvalue weighted by molar-refractivity contribution is 6.02. The third kappa shape index (κ3) is 5.57. The second-order valence-electron chi connectivity index (χ2n) is 12.8. The first-order valence-electron chi connectivity index (χ1n) is 15.8. The summed E-state index contributed by atoms with van der Waals surface area (Å²) in [6.07, 6.45) is 8.34. The van der Waals surface area contributed by atoms with Crippen LogP contribution >= 0.6 is 0 Å². The molecule has 0 radical (unpaired) electrons. The molecule has 1 aromatic carbocycles. The fourth-order valence-electron chi connectivity index (χ4n) is 7.48. The van der Waals surface area contributed by atoms with Crippen molar-refractivity contribution in [3.05, 3.63) is 42.0 Å². The van der Waals surface area contributed by atoms with E-state index >= 15 is 0 Å². The van der Waals surface area contributed by atoms with Gasteiger partial charge in [0.15, 0.2) is 0 Å². The molecule has 4 aliphatic rings. The summed E-state index contributed by atoms with van der Waals surface area (Å²) in [5.74, 6) is -1.16. The highest BCUT2D eigenvalue weighted by Crippen LogP contribution is 2.55. The van der Waals surface area contributed by atoms with E-state index in [1.807, 2.05) is 36.4 Å². The van der Waals surface area contributed by atoms with E-state index in [-0.39, 0.29) is 23.8 Å². The maximum absolute atomic E-state index is 14.2. The van der Waals surface area contributed by atoms with Gasteiger partial charge in [0.05, 0.1) is 17.9 Å². The Balaban J connectivity index is 1.39. The molecule has 7 atom stereocenters. The lowest BCUT2D eigenvalue weighted by Crippen LogP contribution is -2.57. The summed E-state index contributed by atoms with van der Waals surface area (Å²) in [4.78, 5) is 46.0. The standard InChI is InChI=1S/C33H48N4O4/c1-6-36(7-2)19-10-20-37-29(31(39)35-25-12-9-8-11-22(25)5)33-18-17-26(41-33)27(28(33)32(37)40)30(38)34-24-15-13-23(14-16-24)21(3)4/h13-18,21-22,25-29H,6-12,19-20H2,1-5H3,(H,34,38)(H,35,39). The van der Waals surface area contributed by atoms with E-state index in [1.165, 1.54) is 12.0 Å². The van der Waals surface area contributed by atoms with E-state index in [0.717, 1.165) is 45.3 Å². The van der Waals surface area contributed by atoms with Crippen molar-refractivity contribution in [2.75, 3.05) is 31.5 Å². The number of nitrogens with zero attached hydrogens (tertiary/aromatic N) is 2. The minimum Gasteiger partial charge on any atom is -0.359 e. The molecular formula is C33H48N4O4. The molecule has 1 saturated carbocycles. The molecule has 3 heterocycles. The number of rotatable bonds is 11. The summed E-state index contributed by atoms with van der Waals surface area (Å²) in [5, 5.41) is 6.35. The largest absolute Gasteiger partial charge is 0.359 e. The van der Waals surface area contributed by atoms with Crippen molar-refractivity contribution in [1.29, 1.82) is 0 Å². The second kappa shape index (κ2) is 12.3. The minimum atomic E-state index is -1.12. The monoisotopic (exact) mass is 564 g/mol. The molecule has 3 amide bonds. The van der Waals surface area contributed by atoms with Crippen molar-refractivity contribution in [2.24, 2.45) is 17.8 Å². The molecular weight excluding hydrogens is 516 g/mol. The van der Waals surface area contributed by atoms with E-state index in [9.17, 15) is 14.4 Å². The molecule has 1 aromatic rings. The summed E-state index contributed by atoms with van der Waals surface area (Å²) in [6.45, 7) is 13.9. The lowest BCUT2D eigenvalue weighted by Gasteiger charge is -2.36. The summed E-state index contributed by atoms with van der Waals surface area (Å²) < 4.78 is 6.52. The summed E-state index contributed by atoms with van der Waals surface area (Å²) in [5.41, 5.74) is 0.769. The minimum absolute atomic E-state index is 0.0924. The summed E-state index contributed by atoms with van der Waals surface area (Å²) in [7, 11) is 0. The number of carbonyl (C=O) groups excluding carboxylic acids is 3. The Morgan fingerprint density at radius 3 is 2.46 bits per heavy atom. The first kappa shape index (κ1) is 29.8. The quantitative estimate of drug-likeness (QED) is 0.391. The number of carbonyl (C=O) groups is 3. The van der Waals surface area contributed by atoms with Gasteiger partial charge >= 0.3 is 0 Å². The van der Waals surface area contributed by atoms with Crippen molar-refractivity contribution >= 4 is 23.4 Å². The van der Waals surface area contributed by atoms with Crippen molar-refractivity contribution in [2.45, 2.75) is 96.4 Å². The number of fused-ring (bicyclic) bond motifs is 1. The molecule has 41 heavy (non-hydrogen) atoms. The number of anilines is 1. The third-order valence-corrected chi connectivity index (χ3v) is 9.98. The van der Waals surface area contributed by atoms with Gasteiger partial charge in [0.2, 0.25) is 17.7 Å². The van der Waals surface area contributed by atoms with Crippen LogP contribution in [0.1, 0.15) is 78.2 Å². The SMILES string of the molecule is CCN(CC)CCCN1C(=O)C2C(C(=O)Nc3ccc(C(C)C)cc3)C3C=CC2(O3)C1C(=O)NC1CCCCC1C. The molecule has 8 nitrogen and oxygen atoms in total. The van der Waals surface area contributed by atoms with Crippen LogP contribution in [0.5, 0.6) is 0 Å². The van der Waals surface area contributed by atoms with Crippen LogP contribution < -0.4 is 10.6 Å². The fourth-order valence-corrected chi connectivity index (χ4v) is 7.48. The number of hydrogen-bond acceptors (Lipinski definition) is 5.